The molecule has 1 heterocycles. The molecule has 4 rings (SSSR count). The Balaban J connectivity index is 1.56. The summed E-state index contributed by atoms with van der Waals surface area (Å²) >= 11 is 7.02. The number of benzene rings is 2. The average Bonchev–Trinajstić information content (AvgIpc) is 3.18. The lowest BCUT2D eigenvalue weighted by atomic mass is 9.90. The summed E-state index contributed by atoms with van der Waals surface area (Å²) in [5.41, 5.74) is 3.36. The van der Waals surface area contributed by atoms with E-state index in [0.717, 1.165) is 42.4 Å². The maximum absolute atomic E-state index is 13.3. The number of esters is 1. The lowest BCUT2D eigenvalue weighted by Gasteiger charge is -2.18. The maximum atomic E-state index is 13.3. The molecule has 0 atom stereocenters. The highest BCUT2D eigenvalue weighted by atomic mass is 32.1. The average molecular weight is 479 g/mol. The number of anilines is 1. The van der Waals surface area contributed by atoms with Crippen LogP contribution in [0.2, 0.25) is 0 Å². The SMILES string of the molecule is CCOC(=O)c1c(NC(=S)NC(=O)C(c2ccccc2)c2ccccc2)sc2c1CCCC2. The third kappa shape index (κ3) is 5.31. The van der Waals surface area contributed by atoms with E-state index in [2.05, 4.69) is 10.6 Å². The predicted octanol–water partition coefficient (Wildman–Crippen LogP) is 5.45. The molecule has 0 bridgehead atoms. The van der Waals surface area contributed by atoms with Crippen LogP contribution in [0.3, 0.4) is 0 Å². The number of ether oxygens (including phenoxy) is 1. The van der Waals surface area contributed by atoms with Crippen molar-refractivity contribution >= 4 is 45.5 Å². The molecule has 0 spiro atoms. The molecule has 33 heavy (non-hydrogen) atoms. The number of aryl methyl sites for hydroxylation is 1. The first-order chi connectivity index (χ1) is 16.1. The Labute approximate surface area is 203 Å². The third-order valence-corrected chi connectivity index (χ3v) is 7.05. The van der Waals surface area contributed by atoms with Crippen molar-refractivity contribution in [2.75, 3.05) is 11.9 Å². The first kappa shape index (κ1) is 23.1. The topological polar surface area (TPSA) is 67.4 Å². The lowest BCUT2D eigenvalue weighted by Crippen LogP contribution is -2.38. The van der Waals surface area contributed by atoms with Crippen LogP contribution in [0.15, 0.2) is 60.7 Å². The van der Waals surface area contributed by atoms with E-state index in [0.29, 0.717) is 17.2 Å². The number of hydrogen-bond donors (Lipinski definition) is 2. The van der Waals surface area contributed by atoms with Gasteiger partial charge in [0.2, 0.25) is 5.91 Å². The zero-order valence-corrected chi connectivity index (χ0v) is 20.1. The van der Waals surface area contributed by atoms with Crippen molar-refractivity contribution in [3.63, 3.8) is 0 Å². The van der Waals surface area contributed by atoms with Crippen molar-refractivity contribution in [3.05, 3.63) is 87.8 Å². The molecule has 1 aliphatic rings. The van der Waals surface area contributed by atoms with Crippen LogP contribution >= 0.6 is 23.6 Å². The summed E-state index contributed by atoms with van der Waals surface area (Å²) in [4.78, 5) is 27.2. The normalized spacial score (nSPS) is 12.7. The van der Waals surface area contributed by atoms with Crippen molar-refractivity contribution < 1.29 is 14.3 Å². The molecule has 1 aliphatic carbocycles. The number of thiocarbonyl (C=S) groups is 1. The van der Waals surface area contributed by atoms with E-state index in [9.17, 15) is 9.59 Å². The first-order valence-corrected chi connectivity index (χ1v) is 12.3. The van der Waals surface area contributed by atoms with Gasteiger partial charge in [0.15, 0.2) is 5.11 Å². The summed E-state index contributed by atoms with van der Waals surface area (Å²) in [5, 5.41) is 6.76. The Morgan fingerprint density at radius 3 is 2.21 bits per heavy atom. The summed E-state index contributed by atoms with van der Waals surface area (Å²) in [6, 6.07) is 19.2. The van der Waals surface area contributed by atoms with E-state index in [4.69, 9.17) is 17.0 Å². The van der Waals surface area contributed by atoms with Crippen molar-refractivity contribution in [1.29, 1.82) is 0 Å². The number of amides is 1. The number of thiophene rings is 1. The van der Waals surface area contributed by atoms with E-state index < -0.39 is 5.92 Å². The van der Waals surface area contributed by atoms with Crippen molar-refractivity contribution in [1.82, 2.24) is 5.32 Å². The van der Waals surface area contributed by atoms with E-state index in [1.165, 1.54) is 16.2 Å². The molecule has 7 heteroatoms. The van der Waals surface area contributed by atoms with Gasteiger partial charge in [-0.05, 0) is 61.5 Å². The molecule has 0 radical (unpaired) electrons. The Morgan fingerprint density at radius 2 is 1.61 bits per heavy atom. The first-order valence-electron chi connectivity index (χ1n) is 11.1. The van der Waals surface area contributed by atoms with Gasteiger partial charge in [0.25, 0.3) is 0 Å². The standard InChI is InChI=1S/C26H26N2O3S2/c1-2-31-25(30)22-19-15-9-10-16-20(19)33-24(22)28-26(32)27-23(29)21(17-11-5-3-6-12-17)18-13-7-4-8-14-18/h3-8,11-14,21H,2,9-10,15-16H2,1H3,(H2,27,28,29,32). The molecular weight excluding hydrogens is 452 g/mol. The van der Waals surface area contributed by atoms with Gasteiger partial charge < -0.3 is 15.4 Å². The Kier molecular flexibility index (Phi) is 7.52. The molecule has 0 saturated heterocycles. The summed E-state index contributed by atoms with van der Waals surface area (Å²) in [6.07, 6.45) is 3.95. The minimum absolute atomic E-state index is 0.168. The largest absolute Gasteiger partial charge is 0.462 e. The monoisotopic (exact) mass is 478 g/mol. The second-order valence-corrected chi connectivity index (χ2v) is 9.35. The fourth-order valence-electron chi connectivity index (χ4n) is 4.18. The number of rotatable bonds is 6. The van der Waals surface area contributed by atoms with Gasteiger partial charge in [0.05, 0.1) is 18.1 Å². The molecule has 2 aromatic carbocycles. The Hall–Kier alpha value is -3.03. The molecule has 0 unspecified atom stereocenters. The number of fused-ring (bicyclic) bond motifs is 1. The minimum atomic E-state index is -0.506. The van der Waals surface area contributed by atoms with Crippen LogP contribution in [-0.2, 0) is 22.4 Å². The van der Waals surface area contributed by atoms with Gasteiger partial charge in [-0.25, -0.2) is 4.79 Å². The summed E-state index contributed by atoms with van der Waals surface area (Å²) in [7, 11) is 0. The fourth-order valence-corrected chi connectivity index (χ4v) is 5.73. The van der Waals surface area contributed by atoms with Crippen LogP contribution in [0.1, 0.15) is 57.6 Å². The second kappa shape index (κ2) is 10.7. The molecule has 3 aromatic rings. The van der Waals surface area contributed by atoms with Gasteiger partial charge in [0.1, 0.15) is 5.00 Å². The zero-order chi connectivity index (χ0) is 23.2. The minimum Gasteiger partial charge on any atom is -0.462 e. The highest BCUT2D eigenvalue weighted by molar-refractivity contribution is 7.80. The van der Waals surface area contributed by atoms with Crippen molar-refractivity contribution in [3.8, 4) is 0 Å². The van der Waals surface area contributed by atoms with Gasteiger partial charge in [-0.2, -0.15) is 0 Å². The number of hydrogen-bond acceptors (Lipinski definition) is 5. The van der Waals surface area contributed by atoms with Gasteiger partial charge >= 0.3 is 5.97 Å². The van der Waals surface area contributed by atoms with Crippen molar-refractivity contribution in [2.45, 2.75) is 38.5 Å². The molecular formula is C26H26N2O3S2. The zero-order valence-electron chi connectivity index (χ0n) is 18.4. The number of nitrogens with one attached hydrogen (secondary N) is 2. The molecule has 2 N–H and O–H groups in total. The lowest BCUT2D eigenvalue weighted by molar-refractivity contribution is -0.120. The number of carbonyl (C=O) groups excluding carboxylic acids is 2. The smallest absolute Gasteiger partial charge is 0.341 e. The maximum Gasteiger partial charge on any atom is 0.341 e. The van der Waals surface area contributed by atoms with E-state index >= 15 is 0 Å². The van der Waals surface area contributed by atoms with Crippen LogP contribution < -0.4 is 10.6 Å². The highest BCUT2D eigenvalue weighted by Crippen LogP contribution is 2.38. The van der Waals surface area contributed by atoms with Gasteiger partial charge in [-0.15, -0.1) is 11.3 Å². The fraction of sp³-hybridized carbons (Fsp3) is 0.269. The van der Waals surface area contributed by atoms with E-state index in [1.54, 1.807) is 6.92 Å². The molecule has 170 valence electrons. The van der Waals surface area contributed by atoms with Gasteiger partial charge in [-0.1, -0.05) is 60.7 Å². The van der Waals surface area contributed by atoms with Gasteiger partial charge in [-0.3, -0.25) is 4.79 Å². The summed E-state index contributed by atoms with van der Waals surface area (Å²) < 4.78 is 5.31. The summed E-state index contributed by atoms with van der Waals surface area (Å²) in [6.45, 7) is 2.10. The van der Waals surface area contributed by atoms with E-state index in [-0.39, 0.29) is 17.0 Å². The van der Waals surface area contributed by atoms with Gasteiger partial charge in [0, 0.05) is 4.88 Å². The van der Waals surface area contributed by atoms with Crippen LogP contribution in [0.25, 0.3) is 0 Å². The van der Waals surface area contributed by atoms with Crippen LogP contribution in [0.5, 0.6) is 0 Å². The number of carbonyl (C=O) groups is 2. The predicted molar refractivity (Wildman–Crippen MR) is 136 cm³/mol. The molecule has 0 aliphatic heterocycles. The van der Waals surface area contributed by atoms with Crippen LogP contribution in [0.4, 0.5) is 5.00 Å². The molecule has 0 saturated carbocycles. The molecule has 1 aromatic heterocycles. The summed E-state index contributed by atoms with van der Waals surface area (Å²) in [5.74, 6) is -1.09. The Morgan fingerprint density at radius 1 is 1.00 bits per heavy atom. The second-order valence-electron chi connectivity index (χ2n) is 7.83. The quantitative estimate of drug-likeness (QED) is 0.364. The third-order valence-electron chi connectivity index (χ3n) is 5.64. The molecule has 5 nitrogen and oxygen atoms in total. The van der Waals surface area contributed by atoms with E-state index in [1.807, 2.05) is 60.7 Å². The van der Waals surface area contributed by atoms with Crippen molar-refractivity contribution in [2.24, 2.45) is 0 Å². The van der Waals surface area contributed by atoms with Crippen LogP contribution in [0, 0.1) is 0 Å². The van der Waals surface area contributed by atoms with Crippen LogP contribution in [-0.4, -0.2) is 23.6 Å². The highest BCUT2D eigenvalue weighted by Gasteiger charge is 2.28. The molecule has 0 fully saturated rings. The Bertz CT molecular complexity index is 1100. The molecule has 1 amide bonds.